The van der Waals surface area contributed by atoms with Crippen molar-refractivity contribution >= 4 is 16.0 Å². The van der Waals surface area contributed by atoms with Crippen molar-refractivity contribution in [3.8, 4) is 0 Å². The first kappa shape index (κ1) is 13.6. The minimum Gasteiger partial charge on any atom is -0.479 e. The molecule has 1 heterocycles. The number of nitrogens with zero attached hydrogens (tertiary/aromatic N) is 1. The lowest BCUT2D eigenvalue weighted by atomic mass is 10.1. The zero-order valence-electron chi connectivity index (χ0n) is 8.99. The van der Waals surface area contributed by atoms with Crippen molar-refractivity contribution in [1.82, 2.24) is 9.71 Å². The Morgan fingerprint density at radius 1 is 1.59 bits per heavy atom. The molecule has 94 valence electrons. The van der Waals surface area contributed by atoms with Gasteiger partial charge in [-0.25, -0.2) is 17.9 Å². The van der Waals surface area contributed by atoms with Gasteiger partial charge in [0.25, 0.3) is 0 Å². The maximum absolute atomic E-state index is 11.6. The third-order valence-electron chi connectivity index (χ3n) is 2.01. The summed E-state index contributed by atoms with van der Waals surface area (Å²) in [6.07, 6.45) is 2.53. The molecule has 0 saturated carbocycles. The Kier molecular flexibility index (Phi) is 3.81. The van der Waals surface area contributed by atoms with E-state index in [-0.39, 0.29) is 4.90 Å². The molecule has 8 heteroatoms. The number of rotatable bonds is 5. The molecule has 7 nitrogen and oxygen atoms in total. The van der Waals surface area contributed by atoms with Crippen LogP contribution < -0.4 is 4.72 Å². The van der Waals surface area contributed by atoms with Crippen molar-refractivity contribution in [1.29, 1.82) is 0 Å². The zero-order chi connectivity index (χ0) is 13.1. The number of sulfonamides is 1. The second-order valence-electron chi connectivity index (χ2n) is 3.59. The van der Waals surface area contributed by atoms with Gasteiger partial charge in [-0.3, -0.25) is 4.98 Å². The molecule has 0 radical (unpaired) electrons. The lowest BCUT2D eigenvalue weighted by Gasteiger charge is -2.18. The van der Waals surface area contributed by atoms with Gasteiger partial charge in [-0.15, -0.1) is 0 Å². The second-order valence-corrected chi connectivity index (χ2v) is 5.36. The highest BCUT2D eigenvalue weighted by Crippen LogP contribution is 2.08. The predicted molar refractivity (Wildman–Crippen MR) is 57.7 cm³/mol. The highest BCUT2D eigenvalue weighted by Gasteiger charge is 2.31. The SMILES string of the molecule is CC(O)(CNS(=O)(=O)c1cccnc1)C(=O)O. The van der Waals surface area contributed by atoms with Crippen LogP contribution in [0.1, 0.15) is 6.92 Å². The summed E-state index contributed by atoms with van der Waals surface area (Å²) in [4.78, 5) is 14.1. The number of aliphatic carboxylic acids is 1. The largest absolute Gasteiger partial charge is 0.479 e. The molecule has 0 spiro atoms. The summed E-state index contributed by atoms with van der Waals surface area (Å²) in [5.74, 6) is -1.51. The first-order chi connectivity index (χ1) is 7.76. The smallest absolute Gasteiger partial charge is 0.336 e. The molecule has 0 aliphatic rings. The molecule has 0 aromatic carbocycles. The van der Waals surface area contributed by atoms with Crippen LogP contribution >= 0.6 is 0 Å². The van der Waals surface area contributed by atoms with Crippen LogP contribution in [0.5, 0.6) is 0 Å². The highest BCUT2D eigenvalue weighted by molar-refractivity contribution is 7.89. The Labute approximate surface area is 98.2 Å². The Hall–Kier alpha value is -1.51. The average molecular weight is 260 g/mol. The molecule has 1 rings (SSSR count). The van der Waals surface area contributed by atoms with E-state index in [4.69, 9.17) is 5.11 Å². The van der Waals surface area contributed by atoms with Crippen LogP contribution in [-0.4, -0.2) is 41.7 Å². The van der Waals surface area contributed by atoms with Gasteiger partial charge in [0.15, 0.2) is 5.60 Å². The molecule has 0 aliphatic carbocycles. The number of nitrogens with one attached hydrogen (secondary N) is 1. The van der Waals surface area contributed by atoms with Crippen molar-refractivity contribution < 1.29 is 23.4 Å². The van der Waals surface area contributed by atoms with Crippen LogP contribution in [0.2, 0.25) is 0 Å². The number of hydrogen-bond acceptors (Lipinski definition) is 5. The van der Waals surface area contributed by atoms with E-state index in [9.17, 15) is 18.3 Å². The molecular weight excluding hydrogens is 248 g/mol. The quantitative estimate of drug-likeness (QED) is 0.638. The van der Waals surface area contributed by atoms with E-state index in [0.717, 1.165) is 13.1 Å². The molecule has 0 amide bonds. The fourth-order valence-corrected chi connectivity index (χ4v) is 2.00. The standard InChI is InChI=1S/C9H12N2O5S/c1-9(14,8(12)13)6-11-17(15,16)7-3-2-4-10-5-7/h2-5,11,14H,6H2,1H3,(H,12,13). The van der Waals surface area contributed by atoms with E-state index in [1.54, 1.807) is 0 Å². The molecule has 1 atom stereocenters. The second kappa shape index (κ2) is 4.78. The Morgan fingerprint density at radius 3 is 2.71 bits per heavy atom. The molecule has 1 aromatic rings. The van der Waals surface area contributed by atoms with Crippen molar-refractivity contribution in [3.63, 3.8) is 0 Å². The third kappa shape index (κ3) is 3.48. The molecule has 0 saturated heterocycles. The van der Waals surface area contributed by atoms with E-state index in [1.165, 1.54) is 18.3 Å². The van der Waals surface area contributed by atoms with Gasteiger partial charge in [0, 0.05) is 12.4 Å². The topological polar surface area (TPSA) is 117 Å². The van der Waals surface area contributed by atoms with Crippen LogP contribution in [-0.2, 0) is 14.8 Å². The number of hydrogen-bond donors (Lipinski definition) is 3. The summed E-state index contributed by atoms with van der Waals surface area (Å²) in [7, 11) is -3.86. The van der Waals surface area contributed by atoms with Crippen molar-refractivity contribution in [2.45, 2.75) is 17.4 Å². The Morgan fingerprint density at radius 2 is 2.24 bits per heavy atom. The van der Waals surface area contributed by atoms with E-state index >= 15 is 0 Å². The van der Waals surface area contributed by atoms with Crippen LogP contribution in [0.4, 0.5) is 0 Å². The number of aromatic nitrogens is 1. The number of carboxylic acids is 1. The van der Waals surface area contributed by atoms with Gasteiger partial charge in [-0.1, -0.05) is 0 Å². The minimum absolute atomic E-state index is 0.0961. The van der Waals surface area contributed by atoms with E-state index in [1.807, 2.05) is 4.72 Å². The normalized spacial score (nSPS) is 15.2. The molecule has 0 fully saturated rings. The van der Waals surface area contributed by atoms with Crippen LogP contribution in [0.15, 0.2) is 29.4 Å². The summed E-state index contributed by atoms with van der Waals surface area (Å²) in [6, 6.07) is 2.74. The van der Waals surface area contributed by atoms with Gasteiger partial charge in [0.1, 0.15) is 4.90 Å². The van der Waals surface area contributed by atoms with E-state index in [2.05, 4.69) is 4.98 Å². The van der Waals surface area contributed by atoms with Crippen LogP contribution in [0, 0.1) is 0 Å². The summed E-state index contributed by atoms with van der Waals surface area (Å²) in [5, 5.41) is 18.0. The molecule has 3 N–H and O–H groups in total. The molecule has 0 aliphatic heterocycles. The summed E-state index contributed by atoms with van der Waals surface area (Å²) >= 11 is 0. The minimum atomic E-state index is -3.86. The lowest BCUT2D eigenvalue weighted by Crippen LogP contribution is -2.46. The molecule has 1 aromatic heterocycles. The van der Waals surface area contributed by atoms with Crippen molar-refractivity contribution in [2.24, 2.45) is 0 Å². The van der Waals surface area contributed by atoms with Crippen molar-refractivity contribution in [2.75, 3.05) is 6.54 Å². The summed E-state index contributed by atoms with van der Waals surface area (Å²) < 4.78 is 25.3. The first-order valence-corrected chi connectivity index (χ1v) is 6.09. The van der Waals surface area contributed by atoms with Crippen LogP contribution in [0.3, 0.4) is 0 Å². The number of carboxylic acid groups (broad SMARTS) is 1. The molecule has 17 heavy (non-hydrogen) atoms. The summed E-state index contributed by atoms with van der Waals surface area (Å²) in [6.45, 7) is 0.376. The predicted octanol–water partition coefficient (Wildman–Crippen LogP) is -0.805. The average Bonchev–Trinajstić information content (AvgIpc) is 2.28. The van der Waals surface area contributed by atoms with Crippen LogP contribution in [0.25, 0.3) is 0 Å². The van der Waals surface area contributed by atoms with Gasteiger partial charge in [0.05, 0.1) is 6.54 Å². The first-order valence-electron chi connectivity index (χ1n) is 4.61. The Bertz CT molecular complexity index is 497. The summed E-state index contributed by atoms with van der Waals surface area (Å²) in [5.41, 5.74) is -2.16. The Balaban J connectivity index is 2.80. The third-order valence-corrected chi connectivity index (χ3v) is 3.40. The van der Waals surface area contributed by atoms with Gasteiger partial charge < -0.3 is 10.2 Å². The van der Waals surface area contributed by atoms with Gasteiger partial charge in [-0.2, -0.15) is 0 Å². The monoisotopic (exact) mass is 260 g/mol. The van der Waals surface area contributed by atoms with Gasteiger partial charge in [-0.05, 0) is 19.1 Å². The fraction of sp³-hybridized carbons (Fsp3) is 0.333. The van der Waals surface area contributed by atoms with Gasteiger partial charge >= 0.3 is 5.97 Å². The van der Waals surface area contributed by atoms with E-state index < -0.39 is 28.1 Å². The molecular formula is C9H12N2O5S. The fourth-order valence-electron chi connectivity index (χ4n) is 0.901. The maximum atomic E-state index is 11.6. The number of aliphatic hydroxyl groups is 1. The zero-order valence-corrected chi connectivity index (χ0v) is 9.81. The maximum Gasteiger partial charge on any atom is 0.336 e. The number of pyridine rings is 1. The molecule has 0 bridgehead atoms. The van der Waals surface area contributed by atoms with Crippen molar-refractivity contribution in [3.05, 3.63) is 24.5 Å². The lowest BCUT2D eigenvalue weighted by molar-refractivity contribution is -0.155. The molecule has 1 unspecified atom stereocenters. The van der Waals surface area contributed by atoms with Gasteiger partial charge in [0.2, 0.25) is 10.0 Å². The number of carbonyl (C=O) groups is 1. The van der Waals surface area contributed by atoms with E-state index in [0.29, 0.717) is 0 Å². The highest BCUT2D eigenvalue weighted by atomic mass is 32.2.